The molecule has 0 radical (unpaired) electrons. The number of hydrogen-bond donors (Lipinski definition) is 3. The Kier molecular flexibility index (Phi) is 4.48. The largest absolute Gasteiger partial charge is 0.325 e. The van der Waals surface area contributed by atoms with Gasteiger partial charge in [0.2, 0.25) is 5.96 Å². The smallest absolute Gasteiger partial charge is 0.210 e. The van der Waals surface area contributed by atoms with Crippen molar-refractivity contribution in [3.05, 3.63) is 46.4 Å². The first-order valence-electron chi connectivity index (χ1n) is 5.98. The molecule has 19 heavy (non-hydrogen) atoms. The molecule has 6 heteroatoms. The lowest BCUT2D eigenvalue weighted by Crippen LogP contribution is -2.36. The number of nitrogens with one attached hydrogen (secondary N) is 2. The van der Waals surface area contributed by atoms with Crippen LogP contribution in [0.3, 0.4) is 0 Å². The number of thiazole rings is 1. The van der Waals surface area contributed by atoms with E-state index in [1.807, 2.05) is 50.4 Å². The van der Waals surface area contributed by atoms with Crippen LogP contribution in [0.2, 0.25) is 0 Å². The Morgan fingerprint density at radius 2 is 2.11 bits per heavy atom. The van der Waals surface area contributed by atoms with Gasteiger partial charge in [0.1, 0.15) is 11.0 Å². The van der Waals surface area contributed by atoms with Gasteiger partial charge in [0.05, 0.1) is 0 Å². The lowest BCUT2D eigenvalue weighted by molar-refractivity contribution is 0.794. The second kappa shape index (κ2) is 6.31. The summed E-state index contributed by atoms with van der Waals surface area (Å²) in [7, 11) is 0. The predicted molar refractivity (Wildman–Crippen MR) is 80.1 cm³/mol. The molecule has 0 spiro atoms. The Labute approximate surface area is 116 Å². The number of benzene rings is 1. The van der Waals surface area contributed by atoms with Crippen LogP contribution < -0.4 is 16.6 Å². The number of aliphatic imine (C=N–C) groups is 1. The zero-order valence-electron chi connectivity index (χ0n) is 10.9. The molecule has 0 amide bonds. The molecule has 0 aliphatic heterocycles. The summed E-state index contributed by atoms with van der Waals surface area (Å²) in [6.45, 7) is 4.02. The SMILES string of the molecule is Cc1cnc(C(C)N=C(NN)Nc2ccccc2)s1. The third-order valence-corrected chi connectivity index (χ3v) is 3.58. The number of rotatable bonds is 3. The van der Waals surface area contributed by atoms with Gasteiger partial charge in [-0.25, -0.2) is 15.8 Å². The van der Waals surface area contributed by atoms with Gasteiger partial charge in [0, 0.05) is 16.8 Å². The first kappa shape index (κ1) is 13.5. The normalized spacial score (nSPS) is 13.1. The van der Waals surface area contributed by atoms with Crippen LogP contribution in [0.4, 0.5) is 5.69 Å². The van der Waals surface area contributed by atoms with Crippen molar-refractivity contribution in [3.63, 3.8) is 0 Å². The number of nitrogens with zero attached hydrogens (tertiary/aromatic N) is 2. The minimum atomic E-state index is -0.0408. The zero-order chi connectivity index (χ0) is 13.7. The summed E-state index contributed by atoms with van der Waals surface area (Å²) in [6.07, 6.45) is 1.85. The molecule has 1 aromatic carbocycles. The molecule has 0 saturated carbocycles. The molecule has 1 atom stereocenters. The summed E-state index contributed by atoms with van der Waals surface area (Å²) < 4.78 is 0. The van der Waals surface area contributed by atoms with Crippen molar-refractivity contribution in [3.8, 4) is 0 Å². The van der Waals surface area contributed by atoms with Gasteiger partial charge in [-0.1, -0.05) is 18.2 Å². The number of para-hydroxylation sites is 1. The maximum atomic E-state index is 5.49. The number of hydrogen-bond acceptors (Lipinski definition) is 4. The molecule has 2 rings (SSSR count). The van der Waals surface area contributed by atoms with Crippen LogP contribution in [0, 0.1) is 6.92 Å². The molecule has 0 aliphatic rings. The Hall–Kier alpha value is -1.92. The fourth-order valence-electron chi connectivity index (χ4n) is 1.58. The maximum absolute atomic E-state index is 5.49. The molecule has 5 nitrogen and oxygen atoms in total. The highest BCUT2D eigenvalue weighted by Gasteiger charge is 2.09. The predicted octanol–water partition coefficient (Wildman–Crippen LogP) is 2.44. The van der Waals surface area contributed by atoms with E-state index in [4.69, 9.17) is 5.84 Å². The van der Waals surface area contributed by atoms with E-state index in [9.17, 15) is 0 Å². The third-order valence-electron chi connectivity index (χ3n) is 2.49. The summed E-state index contributed by atoms with van der Waals surface area (Å²) in [5.74, 6) is 6.01. The fraction of sp³-hybridized carbons (Fsp3) is 0.231. The number of hydrazine groups is 1. The fourth-order valence-corrected chi connectivity index (χ4v) is 2.34. The average molecular weight is 275 g/mol. The van der Waals surface area contributed by atoms with E-state index < -0.39 is 0 Å². The summed E-state index contributed by atoms with van der Waals surface area (Å²) in [5, 5.41) is 4.10. The second-order valence-corrected chi connectivity index (χ2v) is 5.36. The minimum absolute atomic E-state index is 0.0408. The quantitative estimate of drug-likeness (QED) is 0.348. The number of nitrogens with two attached hydrogens (primary N) is 1. The van der Waals surface area contributed by atoms with Gasteiger partial charge >= 0.3 is 0 Å². The minimum Gasteiger partial charge on any atom is -0.325 e. The molecular formula is C13H17N5S. The summed E-state index contributed by atoms with van der Waals surface area (Å²) in [5.41, 5.74) is 3.51. The Bertz CT molecular complexity index is 549. The third kappa shape index (κ3) is 3.77. The van der Waals surface area contributed by atoms with Crippen LogP contribution >= 0.6 is 11.3 Å². The zero-order valence-corrected chi connectivity index (χ0v) is 11.7. The Morgan fingerprint density at radius 1 is 1.37 bits per heavy atom. The van der Waals surface area contributed by atoms with E-state index in [1.54, 1.807) is 11.3 Å². The van der Waals surface area contributed by atoms with Crippen molar-refractivity contribution < 1.29 is 0 Å². The lowest BCUT2D eigenvalue weighted by Gasteiger charge is -2.11. The van der Waals surface area contributed by atoms with Crippen molar-refractivity contribution in [1.82, 2.24) is 10.4 Å². The van der Waals surface area contributed by atoms with E-state index in [-0.39, 0.29) is 6.04 Å². The summed E-state index contributed by atoms with van der Waals surface area (Å²) in [4.78, 5) is 9.99. The molecule has 0 fully saturated rings. The molecule has 100 valence electrons. The molecule has 0 saturated heterocycles. The summed E-state index contributed by atoms with van der Waals surface area (Å²) >= 11 is 1.64. The van der Waals surface area contributed by atoms with Crippen molar-refractivity contribution >= 4 is 23.0 Å². The monoisotopic (exact) mass is 275 g/mol. The van der Waals surface area contributed by atoms with Gasteiger partial charge in [0.15, 0.2) is 0 Å². The van der Waals surface area contributed by atoms with Gasteiger partial charge in [-0.2, -0.15) is 0 Å². The first-order chi connectivity index (χ1) is 9.19. The number of guanidine groups is 1. The van der Waals surface area contributed by atoms with Gasteiger partial charge in [-0.05, 0) is 26.0 Å². The molecule has 1 heterocycles. The van der Waals surface area contributed by atoms with Gasteiger partial charge in [-0.3, -0.25) is 5.43 Å². The van der Waals surface area contributed by atoms with Crippen LogP contribution in [0.1, 0.15) is 22.9 Å². The van der Waals surface area contributed by atoms with Crippen molar-refractivity contribution in [2.24, 2.45) is 10.8 Å². The number of aromatic nitrogens is 1. The van der Waals surface area contributed by atoms with Crippen LogP contribution in [0.25, 0.3) is 0 Å². The average Bonchev–Trinajstić information content (AvgIpc) is 2.86. The standard InChI is InChI=1S/C13H17N5S/c1-9-8-15-12(19-9)10(2)16-13(18-14)17-11-6-4-3-5-7-11/h3-8,10H,14H2,1-2H3,(H2,16,17,18). The van der Waals surface area contributed by atoms with Crippen LogP contribution in [-0.2, 0) is 0 Å². The van der Waals surface area contributed by atoms with Gasteiger partial charge < -0.3 is 5.32 Å². The second-order valence-electron chi connectivity index (χ2n) is 4.10. The summed E-state index contributed by atoms with van der Waals surface area (Å²) in [6, 6.07) is 9.71. The topological polar surface area (TPSA) is 75.3 Å². The van der Waals surface area contributed by atoms with Gasteiger partial charge in [-0.15, -0.1) is 11.3 Å². The van der Waals surface area contributed by atoms with Crippen LogP contribution in [-0.4, -0.2) is 10.9 Å². The molecule has 1 unspecified atom stereocenters. The number of aryl methyl sites for hydroxylation is 1. The van der Waals surface area contributed by atoms with Crippen molar-refractivity contribution in [1.29, 1.82) is 0 Å². The Balaban J connectivity index is 2.10. The van der Waals surface area contributed by atoms with Crippen molar-refractivity contribution in [2.45, 2.75) is 19.9 Å². The highest BCUT2D eigenvalue weighted by molar-refractivity contribution is 7.11. The molecule has 2 aromatic rings. The van der Waals surface area contributed by atoms with E-state index in [0.29, 0.717) is 5.96 Å². The highest BCUT2D eigenvalue weighted by atomic mass is 32.1. The highest BCUT2D eigenvalue weighted by Crippen LogP contribution is 2.22. The first-order valence-corrected chi connectivity index (χ1v) is 6.79. The molecule has 4 N–H and O–H groups in total. The van der Waals surface area contributed by atoms with E-state index in [0.717, 1.165) is 10.7 Å². The molecule has 0 bridgehead atoms. The number of anilines is 1. The van der Waals surface area contributed by atoms with E-state index in [2.05, 4.69) is 20.7 Å². The molecule has 1 aromatic heterocycles. The Morgan fingerprint density at radius 3 is 2.68 bits per heavy atom. The van der Waals surface area contributed by atoms with Crippen LogP contribution in [0.5, 0.6) is 0 Å². The maximum Gasteiger partial charge on any atom is 0.210 e. The van der Waals surface area contributed by atoms with Gasteiger partial charge in [0.25, 0.3) is 0 Å². The van der Waals surface area contributed by atoms with Crippen molar-refractivity contribution in [2.75, 3.05) is 5.32 Å². The van der Waals surface area contributed by atoms with Crippen LogP contribution in [0.15, 0.2) is 41.5 Å². The van der Waals surface area contributed by atoms with E-state index >= 15 is 0 Å². The molecular weight excluding hydrogens is 258 g/mol. The molecule has 0 aliphatic carbocycles. The van der Waals surface area contributed by atoms with E-state index in [1.165, 1.54) is 4.88 Å². The lowest BCUT2D eigenvalue weighted by atomic mass is 10.3.